The van der Waals surface area contributed by atoms with Crippen molar-refractivity contribution in [2.24, 2.45) is 0 Å². The zero-order valence-electron chi connectivity index (χ0n) is 15.2. The van der Waals surface area contributed by atoms with Crippen molar-refractivity contribution in [1.82, 2.24) is 0 Å². The summed E-state index contributed by atoms with van der Waals surface area (Å²) in [5.74, 6) is -1.72. The normalized spacial score (nSPS) is 14.6. The van der Waals surface area contributed by atoms with Gasteiger partial charge in [0.15, 0.2) is 6.61 Å². The summed E-state index contributed by atoms with van der Waals surface area (Å²) >= 11 is 0. The van der Waals surface area contributed by atoms with Gasteiger partial charge in [-0.05, 0) is 38.1 Å². The Hall–Kier alpha value is -3.75. The number of nitrogens with one attached hydrogen (secondary N) is 1. The van der Waals surface area contributed by atoms with E-state index in [0.717, 1.165) is 0 Å². The number of hydrogen-bond donors (Lipinski definition) is 1. The predicted molar refractivity (Wildman–Crippen MR) is 100 cm³/mol. The number of hydrogen-bond acceptors (Lipinski definition) is 6. The van der Waals surface area contributed by atoms with Crippen LogP contribution in [0.3, 0.4) is 0 Å². The van der Waals surface area contributed by atoms with Crippen LogP contribution in [0, 0.1) is 10.1 Å². The number of anilines is 2. The number of nitrogens with zero attached hydrogens (tertiary/aromatic N) is 2. The molecule has 9 heteroatoms. The number of nitro groups is 1. The van der Waals surface area contributed by atoms with Gasteiger partial charge in [0.25, 0.3) is 11.6 Å². The number of para-hydroxylation sites is 2. The molecule has 2 aromatic carbocycles. The fraction of sp³-hybridized carbons (Fsp3) is 0.211. The molecular formula is C19H17N3O6. The van der Waals surface area contributed by atoms with E-state index in [9.17, 15) is 24.5 Å². The maximum atomic E-state index is 12.8. The number of amides is 2. The van der Waals surface area contributed by atoms with Crippen molar-refractivity contribution in [3.05, 3.63) is 64.2 Å². The molecule has 2 amide bonds. The maximum absolute atomic E-state index is 12.8. The third-order valence-corrected chi connectivity index (χ3v) is 4.40. The van der Waals surface area contributed by atoms with Gasteiger partial charge in [-0.1, -0.05) is 12.1 Å². The summed E-state index contributed by atoms with van der Waals surface area (Å²) in [7, 11) is 0. The number of benzene rings is 2. The molecule has 144 valence electrons. The number of rotatable bonds is 4. The highest BCUT2D eigenvalue weighted by Crippen LogP contribution is 2.36. The Morgan fingerprint density at radius 3 is 2.43 bits per heavy atom. The Bertz CT molecular complexity index is 968. The number of non-ortho nitro benzene ring substituents is 1. The van der Waals surface area contributed by atoms with E-state index in [2.05, 4.69) is 5.32 Å². The highest BCUT2D eigenvalue weighted by molar-refractivity contribution is 6.14. The van der Waals surface area contributed by atoms with Crippen LogP contribution in [0.1, 0.15) is 24.2 Å². The lowest BCUT2D eigenvalue weighted by Gasteiger charge is -2.41. The quantitative estimate of drug-likeness (QED) is 0.492. The molecule has 0 spiro atoms. The van der Waals surface area contributed by atoms with Gasteiger partial charge in [-0.2, -0.15) is 0 Å². The fourth-order valence-corrected chi connectivity index (χ4v) is 2.89. The molecule has 1 aliphatic rings. The molecule has 9 nitrogen and oxygen atoms in total. The molecule has 0 radical (unpaired) electrons. The summed E-state index contributed by atoms with van der Waals surface area (Å²) in [4.78, 5) is 48.7. The molecule has 0 saturated carbocycles. The molecule has 1 heterocycles. The summed E-state index contributed by atoms with van der Waals surface area (Å²) in [5, 5.41) is 13.4. The highest BCUT2D eigenvalue weighted by Gasteiger charge is 2.43. The van der Waals surface area contributed by atoms with Gasteiger partial charge in [-0.15, -0.1) is 0 Å². The number of carbonyl (C=O) groups is 3. The zero-order valence-corrected chi connectivity index (χ0v) is 15.2. The second-order valence-electron chi connectivity index (χ2n) is 6.64. The van der Waals surface area contributed by atoms with Crippen molar-refractivity contribution in [3.63, 3.8) is 0 Å². The summed E-state index contributed by atoms with van der Waals surface area (Å²) in [6.07, 6.45) is 0. The first kappa shape index (κ1) is 19.0. The minimum Gasteiger partial charge on any atom is -0.452 e. The van der Waals surface area contributed by atoms with E-state index in [4.69, 9.17) is 4.74 Å². The molecule has 1 aliphatic heterocycles. The number of fused-ring (bicyclic) bond motifs is 1. The maximum Gasteiger partial charge on any atom is 0.338 e. The summed E-state index contributed by atoms with van der Waals surface area (Å²) in [5.41, 5.74) is -0.268. The Kier molecular flexibility index (Phi) is 4.83. The topological polar surface area (TPSA) is 119 Å². The van der Waals surface area contributed by atoms with Gasteiger partial charge in [-0.25, -0.2) is 4.79 Å². The summed E-state index contributed by atoms with van der Waals surface area (Å²) in [6.45, 7) is 2.60. The third kappa shape index (κ3) is 3.41. The van der Waals surface area contributed by atoms with Crippen LogP contribution in [0.4, 0.5) is 17.1 Å². The van der Waals surface area contributed by atoms with Crippen LogP contribution in [0.15, 0.2) is 48.5 Å². The smallest absolute Gasteiger partial charge is 0.338 e. The van der Waals surface area contributed by atoms with Gasteiger partial charge in [0, 0.05) is 12.1 Å². The molecule has 1 N–H and O–H groups in total. The molecule has 28 heavy (non-hydrogen) atoms. The summed E-state index contributed by atoms with van der Waals surface area (Å²) < 4.78 is 5.06. The van der Waals surface area contributed by atoms with Crippen LogP contribution in [-0.4, -0.2) is 34.9 Å². The van der Waals surface area contributed by atoms with Crippen LogP contribution in [-0.2, 0) is 14.3 Å². The predicted octanol–water partition coefficient (Wildman–Crippen LogP) is 2.52. The van der Waals surface area contributed by atoms with Crippen LogP contribution in [0.5, 0.6) is 0 Å². The van der Waals surface area contributed by atoms with Crippen LogP contribution in [0.25, 0.3) is 0 Å². The van der Waals surface area contributed by atoms with Gasteiger partial charge >= 0.3 is 5.97 Å². The van der Waals surface area contributed by atoms with Crippen LogP contribution < -0.4 is 10.2 Å². The molecule has 0 aromatic heterocycles. The number of esters is 1. The zero-order chi connectivity index (χ0) is 20.5. The Balaban J connectivity index is 1.76. The van der Waals surface area contributed by atoms with Crippen molar-refractivity contribution in [2.45, 2.75) is 19.4 Å². The number of carbonyl (C=O) groups excluding carboxylic acids is 3. The largest absolute Gasteiger partial charge is 0.452 e. The van der Waals surface area contributed by atoms with E-state index in [-0.39, 0.29) is 17.2 Å². The monoisotopic (exact) mass is 383 g/mol. The SMILES string of the molecule is CC1(C)C(=O)Nc2ccccc2N1C(=O)COC(=O)c1ccc([N+](=O)[O-])cc1. The van der Waals surface area contributed by atoms with Crippen molar-refractivity contribution in [3.8, 4) is 0 Å². The molecule has 2 aromatic rings. The highest BCUT2D eigenvalue weighted by atomic mass is 16.6. The Morgan fingerprint density at radius 1 is 1.14 bits per heavy atom. The first-order chi connectivity index (χ1) is 13.2. The Labute approximate surface area is 160 Å². The van der Waals surface area contributed by atoms with E-state index in [1.54, 1.807) is 38.1 Å². The van der Waals surface area contributed by atoms with E-state index < -0.39 is 28.9 Å². The fourth-order valence-electron chi connectivity index (χ4n) is 2.89. The van der Waals surface area contributed by atoms with Gasteiger partial charge in [0.2, 0.25) is 5.91 Å². The van der Waals surface area contributed by atoms with E-state index >= 15 is 0 Å². The van der Waals surface area contributed by atoms with Gasteiger partial charge < -0.3 is 10.1 Å². The van der Waals surface area contributed by atoms with Crippen molar-refractivity contribution in [2.75, 3.05) is 16.8 Å². The number of ether oxygens (including phenoxy) is 1. The van der Waals surface area contributed by atoms with Crippen molar-refractivity contribution >= 4 is 34.8 Å². The molecule has 0 unspecified atom stereocenters. The molecular weight excluding hydrogens is 366 g/mol. The average Bonchev–Trinajstić information content (AvgIpc) is 2.66. The minimum atomic E-state index is -1.18. The first-order valence-corrected chi connectivity index (χ1v) is 8.37. The van der Waals surface area contributed by atoms with Gasteiger partial charge in [0.1, 0.15) is 5.54 Å². The molecule has 0 atom stereocenters. The van der Waals surface area contributed by atoms with E-state index in [1.807, 2.05) is 0 Å². The first-order valence-electron chi connectivity index (χ1n) is 8.37. The molecule has 0 saturated heterocycles. The molecule has 3 rings (SSSR count). The standard InChI is InChI=1S/C19H17N3O6/c1-19(2)18(25)20-14-5-3-4-6-15(14)21(19)16(23)11-28-17(24)12-7-9-13(10-8-12)22(26)27/h3-10H,11H2,1-2H3,(H,20,25). The molecule has 0 aliphatic carbocycles. The Morgan fingerprint density at radius 2 is 1.79 bits per heavy atom. The lowest BCUT2D eigenvalue weighted by Crippen LogP contribution is -2.59. The summed E-state index contributed by atoms with van der Waals surface area (Å²) in [6, 6.07) is 11.7. The lowest BCUT2D eigenvalue weighted by molar-refractivity contribution is -0.384. The second-order valence-corrected chi connectivity index (χ2v) is 6.64. The molecule has 0 bridgehead atoms. The number of nitro benzene ring substituents is 1. The van der Waals surface area contributed by atoms with E-state index in [1.165, 1.54) is 29.2 Å². The third-order valence-electron chi connectivity index (χ3n) is 4.40. The lowest BCUT2D eigenvalue weighted by atomic mass is 9.96. The van der Waals surface area contributed by atoms with Crippen LogP contribution >= 0.6 is 0 Å². The van der Waals surface area contributed by atoms with Crippen molar-refractivity contribution < 1.29 is 24.0 Å². The van der Waals surface area contributed by atoms with E-state index in [0.29, 0.717) is 11.4 Å². The average molecular weight is 383 g/mol. The second kappa shape index (κ2) is 7.10. The minimum absolute atomic E-state index is 0.0782. The van der Waals surface area contributed by atoms with Gasteiger partial charge in [0.05, 0.1) is 21.9 Å². The van der Waals surface area contributed by atoms with Crippen molar-refractivity contribution in [1.29, 1.82) is 0 Å². The van der Waals surface area contributed by atoms with Crippen LogP contribution in [0.2, 0.25) is 0 Å². The van der Waals surface area contributed by atoms with Gasteiger partial charge in [-0.3, -0.25) is 24.6 Å². The molecule has 0 fully saturated rings.